The normalized spacial score (nSPS) is 9.09. The van der Waals surface area contributed by atoms with Gasteiger partial charge in [-0.05, 0) is 17.7 Å². The molecule has 0 radical (unpaired) electrons. The van der Waals surface area contributed by atoms with Crippen LogP contribution in [0.5, 0.6) is 0 Å². The van der Waals surface area contributed by atoms with Crippen LogP contribution in [-0.2, 0) is 6.42 Å². The summed E-state index contributed by atoms with van der Waals surface area (Å²) in [6.07, 6.45) is 0.640. The molecule has 0 heterocycles. The van der Waals surface area contributed by atoms with Gasteiger partial charge in [-0.15, -0.1) is 0 Å². The topological polar surface area (TPSA) is 4.36 Å². The average molecular weight is 149 g/mol. The first kappa shape index (κ1) is 7.74. The number of nitrogens with zero attached hydrogens (tertiary/aromatic N) is 1. The summed E-state index contributed by atoms with van der Waals surface area (Å²) in [4.78, 5) is 3.19. The molecule has 0 aliphatic rings. The summed E-state index contributed by atoms with van der Waals surface area (Å²) < 4.78 is 12.5. The highest BCUT2D eigenvalue weighted by Gasteiger charge is 1.95. The first-order valence-corrected chi connectivity index (χ1v) is 3.40. The van der Waals surface area contributed by atoms with Crippen LogP contribution in [0.4, 0.5) is 4.39 Å². The highest BCUT2D eigenvalue weighted by Crippen LogP contribution is 2.03. The maximum Gasteiger partial charge on any atom is 0.218 e. The lowest BCUT2D eigenvalue weighted by atomic mass is 10.1. The molecule has 1 aromatic rings. The van der Waals surface area contributed by atoms with Crippen molar-refractivity contribution in [1.29, 1.82) is 0 Å². The second-order valence-electron chi connectivity index (χ2n) is 2.26. The molecule has 0 unspecified atom stereocenters. The molecule has 0 amide bonds. The zero-order valence-corrected chi connectivity index (χ0v) is 6.05. The Morgan fingerprint density at radius 2 is 2.27 bits per heavy atom. The summed E-state index contributed by atoms with van der Waals surface area (Å²) in [7, 11) is 0. The molecule has 0 saturated heterocycles. The van der Waals surface area contributed by atoms with Crippen molar-refractivity contribution in [2.45, 2.75) is 6.42 Å². The Bertz CT molecular complexity index is 275. The van der Waals surface area contributed by atoms with Crippen molar-refractivity contribution in [3.63, 3.8) is 0 Å². The molecule has 0 aromatic heterocycles. The molecule has 0 atom stereocenters. The first-order chi connectivity index (χ1) is 5.33. The number of rotatable bonds is 2. The van der Waals surface area contributed by atoms with Gasteiger partial charge in [-0.3, -0.25) is 0 Å². The maximum atomic E-state index is 12.5. The van der Waals surface area contributed by atoms with Gasteiger partial charge in [0.15, 0.2) is 0 Å². The molecular formula is C9H8FN. The Morgan fingerprint density at radius 3 is 2.91 bits per heavy atom. The molecule has 1 nitrogen and oxygen atoms in total. The smallest absolute Gasteiger partial charge is 0.218 e. The maximum absolute atomic E-state index is 12.5. The largest absolute Gasteiger partial charge is 0.317 e. The summed E-state index contributed by atoms with van der Waals surface area (Å²) >= 11 is 0. The second kappa shape index (κ2) is 3.72. The zero-order chi connectivity index (χ0) is 8.10. The van der Waals surface area contributed by atoms with Crippen LogP contribution in [0.15, 0.2) is 24.3 Å². The Morgan fingerprint density at radius 1 is 1.45 bits per heavy atom. The number of hydrogen-bond donors (Lipinski definition) is 0. The molecule has 0 bridgehead atoms. The van der Waals surface area contributed by atoms with Gasteiger partial charge in [-0.2, -0.15) is 0 Å². The Kier molecular flexibility index (Phi) is 2.62. The van der Waals surface area contributed by atoms with Crippen molar-refractivity contribution >= 4 is 0 Å². The van der Waals surface area contributed by atoms with E-state index >= 15 is 0 Å². The first-order valence-electron chi connectivity index (χ1n) is 3.40. The lowest BCUT2D eigenvalue weighted by molar-refractivity contribution is 0.625. The van der Waals surface area contributed by atoms with Crippen LogP contribution < -0.4 is 0 Å². The third kappa shape index (κ3) is 2.38. The number of hydrogen-bond acceptors (Lipinski definition) is 0. The molecule has 1 rings (SSSR count). The third-order valence-corrected chi connectivity index (χ3v) is 1.40. The van der Waals surface area contributed by atoms with Gasteiger partial charge in [0, 0.05) is 6.42 Å². The van der Waals surface area contributed by atoms with Crippen molar-refractivity contribution in [1.82, 2.24) is 0 Å². The molecule has 56 valence electrons. The Balaban J connectivity index is 2.65. The van der Waals surface area contributed by atoms with E-state index in [9.17, 15) is 4.39 Å². The van der Waals surface area contributed by atoms with Crippen LogP contribution >= 0.6 is 0 Å². The van der Waals surface area contributed by atoms with Crippen molar-refractivity contribution in [2.24, 2.45) is 0 Å². The van der Waals surface area contributed by atoms with E-state index in [1.54, 1.807) is 6.07 Å². The van der Waals surface area contributed by atoms with Crippen molar-refractivity contribution in [3.8, 4) is 0 Å². The predicted molar refractivity (Wildman–Crippen MR) is 41.6 cm³/mol. The number of benzene rings is 1. The fraction of sp³-hybridized carbons (Fsp3) is 0.222. The lowest BCUT2D eigenvalue weighted by Gasteiger charge is -1.93. The predicted octanol–water partition coefficient (Wildman–Crippen LogP) is 2.29. The van der Waals surface area contributed by atoms with E-state index in [-0.39, 0.29) is 5.82 Å². The lowest BCUT2D eigenvalue weighted by Crippen LogP contribution is -1.87. The van der Waals surface area contributed by atoms with Gasteiger partial charge >= 0.3 is 0 Å². The summed E-state index contributed by atoms with van der Waals surface area (Å²) in [5, 5.41) is 0. The summed E-state index contributed by atoms with van der Waals surface area (Å²) in [5.41, 5.74) is 0.890. The van der Waals surface area contributed by atoms with Gasteiger partial charge in [-0.25, -0.2) is 11.0 Å². The minimum absolute atomic E-state index is 0.229. The van der Waals surface area contributed by atoms with Gasteiger partial charge in [0.2, 0.25) is 6.54 Å². The number of halogens is 1. The van der Waals surface area contributed by atoms with Crippen molar-refractivity contribution < 1.29 is 4.39 Å². The van der Waals surface area contributed by atoms with E-state index in [1.807, 2.05) is 6.07 Å². The molecular weight excluding hydrogens is 141 g/mol. The summed E-state index contributed by atoms with van der Waals surface area (Å²) in [6.45, 7) is 6.97. The van der Waals surface area contributed by atoms with Gasteiger partial charge in [0.25, 0.3) is 0 Å². The van der Waals surface area contributed by atoms with Crippen LogP contribution in [-0.4, -0.2) is 6.54 Å². The highest BCUT2D eigenvalue weighted by molar-refractivity contribution is 5.16. The van der Waals surface area contributed by atoms with Gasteiger partial charge in [0.1, 0.15) is 5.82 Å². The minimum atomic E-state index is -0.229. The molecule has 11 heavy (non-hydrogen) atoms. The van der Waals surface area contributed by atoms with Gasteiger partial charge < -0.3 is 4.85 Å². The monoisotopic (exact) mass is 149 g/mol. The van der Waals surface area contributed by atoms with E-state index in [2.05, 4.69) is 4.85 Å². The van der Waals surface area contributed by atoms with Gasteiger partial charge in [-0.1, -0.05) is 12.1 Å². The third-order valence-electron chi connectivity index (χ3n) is 1.40. The fourth-order valence-electron chi connectivity index (χ4n) is 0.877. The van der Waals surface area contributed by atoms with Crippen molar-refractivity contribution in [2.75, 3.05) is 6.54 Å². The van der Waals surface area contributed by atoms with Crippen molar-refractivity contribution in [3.05, 3.63) is 47.1 Å². The molecule has 0 spiro atoms. The van der Waals surface area contributed by atoms with E-state index < -0.39 is 0 Å². The molecule has 1 aromatic carbocycles. The SMILES string of the molecule is [C-]#[N+]CCc1cccc(F)c1. The molecule has 2 heteroatoms. The van der Waals surface area contributed by atoms with Crippen LogP contribution in [0, 0.1) is 12.4 Å². The fourth-order valence-corrected chi connectivity index (χ4v) is 0.877. The second-order valence-corrected chi connectivity index (χ2v) is 2.26. The Hall–Kier alpha value is -1.36. The molecule has 0 saturated carbocycles. The molecule has 0 fully saturated rings. The summed E-state index contributed by atoms with van der Waals surface area (Å²) in [5.74, 6) is -0.229. The van der Waals surface area contributed by atoms with E-state index in [0.29, 0.717) is 13.0 Å². The molecule has 0 aliphatic heterocycles. The highest BCUT2D eigenvalue weighted by atomic mass is 19.1. The van der Waals surface area contributed by atoms with Crippen LogP contribution in [0.1, 0.15) is 5.56 Å². The quantitative estimate of drug-likeness (QED) is 0.568. The standard InChI is InChI=1S/C9H8FN/c1-11-6-5-8-3-2-4-9(10)7-8/h2-4,7H,5-6H2. The molecule has 0 aliphatic carbocycles. The zero-order valence-electron chi connectivity index (χ0n) is 6.05. The Labute approximate surface area is 65.3 Å². The van der Waals surface area contributed by atoms with Crippen LogP contribution in [0.3, 0.4) is 0 Å². The minimum Gasteiger partial charge on any atom is -0.317 e. The van der Waals surface area contributed by atoms with E-state index in [0.717, 1.165) is 5.56 Å². The molecule has 0 N–H and O–H groups in total. The van der Waals surface area contributed by atoms with Crippen LogP contribution in [0.25, 0.3) is 4.85 Å². The van der Waals surface area contributed by atoms with E-state index in [4.69, 9.17) is 6.57 Å². The van der Waals surface area contributed by atoms with E-state index in [1.165, 1.54) is 12.1 Å². The summed E-state index contributed by atoms with van der Waals surface area (Å²) in [6, 6.07) is 6.36. The van der Waals surface area contributed by atoms with Gasteiger partial charge in [0.05, 0.1) is 0 Å². The average Bonchev–Trinajstić information content (AvgIpc) is 2.01. The van der Waals surface area contributed by atoms with Crippen LogP contribution in [0.2, 0.25) is 0 Å².